The van der Waals surface area contributed by atoms with Gasteiger partial charge in [-0.15, -0.1) is 0 Å². The van der Waals surface area contributed by atoms with Crippen molar-refractivity contribution in [1.29, 1.82) is 0 Å². The molecule has 0 aromatic heterocycles. The standard InChI is InChI=1S/C12H21NO4/c1-8-5-6-9(10(14)15)13(7-8)11(16)17-12(2,3)4/h8-9H,5-7H2,1-4H3,(H,14,15)/t8-,9+/m1/s1. The first-order valence-electron chi connectivity index (χ1n) is 5.93. The number of carboxylic acid groups (broad SMARTS) is 1. The van der Waals surface area contributed by atoms with Crippen molar-refractivity contribution in [2.45, 2.75) is 52.2 Å². The molecule has 1 N–H and O–H groups in total. The molecule has 17 heavy (non-hydrogen) atoms. The maximum atomic E-state index is 11.9. The Hall–Kier alpha value is -1.26. The number of rotatable bonds is 1. The highest BCUT2D eigenvalue weighted by atomic mass is 16.6. The summed E-state index contributed by atoms with van der Waals surface area (Å²) in [6.45, 7) is 7.78. The van der Waals surface area contributed by atoms with Gasteiger partial charge in [0.1, 0.15) is 11.6 Å². The van der Waals surface area contributed by atoms with E-state index in [-0.39, 0.29) is 0 Å². The van der Waals surface area contributed by atoms with Gasteiger partial charge in [0.2, 0.25) is 0 Å². The number of hydrogen-bond acceptors (Lipinski definition) is 3. The third kappa shape index (κ3) is 3.91. The third-order valence-electron chi connectivity index (χ3n) is 2.73. The van der Waals surface area contributed by atoms with E-state index < -0.39 is 23.7 Å². The van der Waals surface area contributed by atoms with Crippen LogP contribution in [0.3, 0.4) is 0 Å². The summed E-state index contributed by atoms with van der Waals surface area (Å²) in [6, 6.07) is -0.749. The van der Waals surface area contributed by atoms with Gasteiger partial charge in [-0.25, -0.2) is 9.59 Å². The second-order valence-corrected chi connectivity index (χ2v) is 5.67. The maximum absolute atomic E-state index is 11.9. The number of aliphatic carboxylic acids is 1. The van der Waals surface area contributed by atoms with Crippen LogP contribution in [0.1, 0.15) is 40.5 Å². The van der Waals surface area contributed by atoms with Gasteiger partial charge in [0.25, 0.3) is 0 Å². The minimum absolute atomic E-state index is 0.318. The van der Waals surface area contributed by atoms with Crippen LogP contribution in [-0.2, 0) is 9.53 Å². The average Bonchev–Trinajstić information content (AvgIpc) is 2.14. The topological polar surface area (TPSA) is 66.8 Å². The lowest BCUT2D eigenvalue weighted by molar-refractivity contribution is -0.144. The van der Waals surface area contributed by atoms with E-state index in [4.69, 9.17) is 9.84 Å². The van der Waals surface area contributed by atoms with Crippen molar-refractivity contribution in [1.82, 2.24) is 4.90 Å². The lowest BCUT2D eigenvalue weighted by Gasteiger charge is -2.37. The van der Waals surface area contributed by atoms with Crippen molar-refractivity contribution in [3.63, 3.8) is 0 Å². The minimum atomic E-state index is -0.956. The number of ether oxygens (including phenoxy) is 1. The Labute approximate surface area is 102 Å². The van der Waals surface area contributed by atoms with E-state index in [1.807, 2.05) is 6.92 Å². The van der Waals surface area contributed by atoms with E-state index >= 15 is 0 Å². The highest BCUT2D eigenvalue weighted by molar-refractivity contribution is 5.80. The molecular formula is C12H21NO4. The molecule has 1 aliphatic rings. The summed E-state index contributed by atoms with van der Waals surface area (Å²) in [4.78, 5) is 24.3. The number of carbonyl (C=O) groups is 2. The van der Waals surface area contributed by atoms with Gasteiger partial charge in [-0.1, -0.05) is 6.92 Å². The molecule has 1 fully saturated rings. The minimum Gasteiger partial charge on any atom is -0.480 e. The van der Waals surface area contributed by atoms with Crippen molar-refractivity contribution in [3.05, 3.63) is 0 Å². The van der Waals surface area contributed by atoms with Gasteiger partial charge >= 0.3 is 12.1 Å². The number of nitrogens with zero attached hydrogens (tertiary/aromatic N) is 1. The van der Waals surface area contributed by atoms with Crippen molar-refractivity contribution in [3.8, 4) is 0 Å². The Morgan fingerprint density at radius 2 is 1.88 bits per heavy atom. The number of hydrogen-bond donors (Lipinski definition) is 1. The number of likely N-dealkylation sites (tertiary alicyclic amines) is 1. The van der Waals surface area contributed by atoms with E-state index in [2.05, 4.69) is 0 Å². The Morgan fingerprint density at radius 3 is 2.35 bits per heavy atom. The molecule has 0 bridgehead atoms. The van der Waals surface area contributed by atoms with Crippen molar-refractivity contribution in [2.24, 2.45) is 5.92 Å². The fraction of sp³-hybridized carbons (Fsp3) is 0.833. The summed E-state index contributed by atoms with van der Waals surface area (Å²) in [5, 5.41) is 9.09. The summed E-state index contributed by atoms with van der Waals surface area (Å²) in [5.41, 5.74) is -0.596. The summed E-state index contributed by atoms with van der Waals surface area (Å²) in [6.07, 6.45) is 0.794. The highest BCUT2D eigenvalue weighted by Gasteiger charge is 2.36. The highest BCUT2D eigenvalue weighted by Crippen LogP contribution is 2.24. The molecular weight excluding hydrogens is 222 g/mol. The molecule has 2 atom stereocenters. The zero-order valence-corrected chi connectivity index (χ0v) is 10.9. The Kier molecular flexibility index (Phi) is 4.01. The second kappa shape index (κ2) is 4.94. The molecule has 5 heteroatoms. The van der Waals surface area contributed by atoms with Crippen LogP contribution in [-0.4, -0.2) is 40.3 Å². The Balaban J connectivity index is 2.75. The fourth-order valence-corrected chi connectivity index (χ4v) is 1.93. The van der Waals surface area contributed by atoms with Gasteiger partial charge in [0.15, 0.2) is 0 Å². The first-order chi connectivity index (χ1) is 7.70. The summed E-state index contributed by atoms with van der Waals surface area (Å²) >= 11 is 0. The SMILES string of the molecule is C[C@@H]1CC[C@@H](C(=O)O)N(C(=O)OC(C)(C)C)C1. The van der Waals surface area contributed by atoms with Crippen molar-refractivity contribution in [2.75, 3.05) is 6.54 Å². The molecule has 1 heterocycles. The lowest BCUT2D eigenvalue weighted by atomic mass is 9.94. The molecule has 1 saturated heterocycles. The van der Waals surface area contributed by atoms with Crippen LogP contribution < -0.4 is 0 Å². The van der Waals surface area contributed by atoms with Crippen molar-refractivity contribution < 1.29 is 19.4 Å². The van der Waals surface area contributed by atoms with Crippen molar-refractivity contribution >= 4 is 12.1 Å². The van der Waals surface area contributed by atoms with E-state index in [9.17, 15) is 9.59 Å². The Morgan fingerprint density at radius 1 is 1.29 bits per heavy atom. The van der Waals surface area contributed by atoms with Crippen LogP contribution in [0.5, 0.6) is 0 Å². The van der Waals surface area contributed by atoms with Gasteiger partial charge in [-0.3, -0.25) is 4.90 Å². The molecule has 0 radical (unpaired) electrons. The predicted molar refractivity (Wildman–Crippen MR) is 62.8 cm³/mol. The monoisotopic (exact) mass is 243 g/mol. The van der Waals surface area contributed by atoms with Crippen LogP contribution in [0.15, 0.2) is 0 Å². The van der Waals surface area contributed by atoms with Gasteiger partial charge in [-0.05, 0) is 39.5 Å². The second-order valence-electron chi connectivity index (χ2n) is 5.67. The quantitative estimate of drug-likeness (QED) is 0.766. The van der Waals surface area contributed by atoms with Crippen LogP contribution in [0, 0.1) is 5.92 Å². The molecule has 1 rings (SSSR count). The predicted octanol–water partition coefficient (Wildman–Crippen LogP) is 2.11. The van der Waals surface area contributed by atoms with E-state index in [1.165, 1.54) is 4.90 Å². The molecule has 0 spiro atoms. The summed E-state index contributed by atoms with van der Waals surface area (Å²) < 4.78 is 5.23. The smallest absolute Gasteiger partial charge is 0.411 e. The summed E-state index contributed by atoms with van der Waals surface area (Å²) in [5.74, 6) is -0.638. The van der Waals surface area contributed by atoms with Gasteiger partial charge in [-0.2, -0.15) is 0 Å². The number of carboxylic acids is 1. The Bertz CT molecular complexity index is 308. The van der Waals surface area contributed by atoms with Gasteiger partial charge < -0.3 is 9.84 Å². The molecule has 0 unspecified atom stereocenters. The molecule has 0 aromatic carbocycles. The average molecular weight is 243 g/mol. The van der Waals surface area contributed by atoms with Crippen LogP contribution >= 0.6 is 0 Å². The lowest BCUT2D eigenvalue weighted by Crippen LogP contribution is -2.51. The number of amides is 1. The zero-order valence-electron chi connectivity index (χ0n) is 10.9. The third-order valence-corrected chi connectivity index (χ3v) is 2.73. The fourth-order valence-electron chi connectivity index (χ4n) is 1.93. The number of carbonyl (C=O) groups excluding carboxylic acids is 1. The first-order valence-corrected chi connectivity index (χ1v) is 5.93. The van der Waals surface area contributed by atoms with Crippen LogP contribution in [0.2, 0.25) is 0 Å². The normalized spacial score (nSPS) is 25.5. The van der Waals surface area contributed by atoms with E-state index in [0.29, 0.717) is 18.9 Å². The first kappa shape index (κ1) is 13.8. The molecule has 0 saturated carbocycles. The largest absolute Gasteiger partial charge is 0.480 e. The summed E-state index contributed by atoms with van der Waals surface area (Å²) in [7, 11) is 0. The molecule has 5 nitrogen and oxygen atoms in total. The van der Waals surface area contributed by atoms with E-state index in [0.717, 1.165) is 6.42 Å². The molecule has 0 aliphatic carbocycles. The molecule has 1 amide bonds. The van der Waals surface area contributed by atoms with E-state index in [1.54, 1.807) is 20.8 Å². The van der Waals surface area contributed by atoms with Crippen LogP contribution in [0.25, 0.3) is 0 Å². The van der Waals surface area contributed by atoms with Gasteiger partial charge in [0, 0.05) is 6.54 Å². The van der Waals surface area contributed by atoms with Gasteiger partial charge in [0.05, 0.1) is 0 Å². The number of piperidine rings is 1. The molecule has 1 aliphatic heterocycles. The maximum Gasteiger partial charge on any atom is 0.411 e. The zero-order chi connectivity index (χ0) is 13.2. The molecule has 0 aromatic rings. The van der Waals surface area contributed by atoms with Crippen LogP contribution in [0.4, 0.5) is 4.79 Å². The molecule has 98 valence electrons.